The fourth-order valence-corrected chi connectivity index (χ4v) is 4.68. The molecule has 0 radical (unpaired) electrons. The van der Waals surface area contributed by atoms with Gasteiger partial charge in [0.25, 0.3) is 0 Å². The van der Waals surface area contributed by atoms with E-state index in [0.717, 1.165) is 34.4 Å². The number of carbonyl (C=O) groups excluding carboxylic acids is 1. The highest BCUT2D eigenvalue weighted by Crippen LogP contribution is 2.38. The zero-order valence-corrected chi connectivity index (χ0v) is 21.7. The van der Waals surface area contributed by atoms with Crippen LogP contribution in [-0.2, 0) is 0 Å². The van der Waals surface area contributed by atoms with Crippen molar-refractivity contribution in [3.8, 4) is 17.2 Å². The molecular weight excluding hydrogens is 474 g/mol. The Kier molecular flexibility index (Phi) is 7.27. The Morgan fingerprint density at radius 2 is 1.21 bits per heavy atom. The van der Waals surface area contributed by atoms with Crippen LogP contribution in [0.3, 0.4) is 0 Å². The van der Waals surface area contributed by atoms with Crippen LogP contribution in [0.4, 0.5) is 0 Å². The molecule has 5 rings (SSSR count). The topological polar surface area (TPSA) is 60.6 Å². The number of methoxy groups -OCH3 is 2. The lowest BCUT2D eigenvalue weighted by Gasteiger charge is -2.17. The molecule has 0 bridgehead atoms. The van der Waals surface area contributed by atoms with Crippen molar-refractivity contribution in [3.05, 3.63) is 126 Å². The van der Waals surface area contributed by atoms with E-state index in [9.17, 15) is 4.79 Å². The van der Waals surface area contributed by atoms with E-state index in [1.165, 1.54) is 16.5 Å². The molecule has 1 N–H and O–H groups in total. The van der Waals surface area contributed by atoms with Crippen molar-refractivity contribution < 1.29 is 19.0 Å². The van der Waals surface area contributed by atoms with E-state index in [-0.39, 0.29) is 0 Å². The number of carbonyl (C=O) groups is 1. The molecule has 38 heavy (non-hydrogen) atoms. The van der Waals surface area contributed by atoms with Crippen LogP contribution in [0, 0.1) is 0 Å². The van der Waals surface area contributed by atoms with E-state index >= 15 is 0 Å². The Balaban J connectivity index is 1.54. The fraction of sp³-hybridized carbons (Fsp3) is 0.121. The van der Waals surface area contributed by atoms with Crippen LogP contribution < -0.4 is 14.2 Å². The van der Waals surface area contributed by atoms with E-state index in [4.69, 9.17) is 14.2 Å². The minimum atomic E-state index is -0.417. The lowest BCUT2D eigenvalue weighted by Crippen LogP contribution is -2.08. The lowest BCUT2D eigenvalue weighted by molar-refractivity contribution is 0.0734. The summed E-state index contributed by atoms with van der Waals surface area (Å²) in [7, 11) is 3.26. The highest BCUT2D eigenvalue weighted by molar-refractivity contribution is 6.05. The highest BCUT2D eigenvalue weighted by atomic mass is 16.5. The number of ether oxygens (including phenoxy) is 3. The summed E-state index contributed by atoms with van der Waals surface area (Å²) < 4.78 is 16.2. The molecule has 0 aliphatic carbocycles. The molecular formula is C33H29NO4. The Hall–Kier alpha value is -4.77. The van der Waals surface area contributed by atoms with Crippen LogP contribution in [0.25, 0.3) is 22.0 Å². The van der Waals surface area contributed by atoms with Crippen molar-refractivity contribution in [2.75, 3.05) is 14.2 Å². The fourth-order valence-electron chi connectivity index (χ4n) is 4.68. The van der Waals surface area contributed by atoms with Gasteiger partial charge >= 0.3 is 5.97 Å². The third kappa shape index (κ3) is 5.04. The van der Waals surface area contributed by atoms with Gasteiger partial charge in [-0.15, -0.1) is 0 Å². The molecule has 0 fully saturated rings. The Labute approximate surface area is 222 Å². The quantitative estimate of drug-likeness (QED) is 0.174. The van der Waals surface area contributed by atoms with Crippen molar-refractivity contribution >= 4 is 28.0 Å². The number of hydrogen-bond donors (Lipinski definition) is 1. The molecule has 5 heteroatoms. The third-order valence-corrected chi connectivity index (χ3v) is 6.63. The second-order valence-corrected chi connectivity index (χ2v) is 8.83. The molecule has 0 unspecified atom stereocenters. The Morgan fingerprint density at radius 1 is 0.684 bits per heavy atom. The number of esters is 1. The first-order valence-corrected chi connectivity index (χ1v) is 12.5. The van der Waals surface area contributed by atoms with Gasteiger partial charge in [0.1, 0.15) is 17.2 Å². The van der Waals surface area contributed by atoms with Gasteiger partial charge in [-0.25, -0.2) is 4.79 Å². The van der Waals surface area contributed by atoms with Crippen molar-refractivity contribution in [2.24, 2.45) is 0 Å². The summed E-state index contributed by atoms with van der Waals surface area (Å²) in [5.74, 6) is 1.55. The second kappa shape index (κ2) is 11.1. The molecule has 0 saturated carbocycles. The van der Waals surface area contributed by atoms with Crippen LogP contribution >= 0.6 is 0 Å². The number of aromatic nitrogens is 1. The molecule has 190 valence electrons. The number of aromatic amines is 1. The van der Waals surface area contributed by atoms with Gasteiger partial charge in [-0.05, 0) is 83.3 Å². The van der Waals surface area contributed by atoms with E-state index < -0.39 is 5.97 Å². The van der Waals surface area contributed by atoms with Crippen LogP contribution in [0.15, 0.2) is 103 Å². The summed E-state index contributed by atoms with van der Waals surface area (Å²) in [6, 6.07) is 31.0. The minimum Gasteiger partial charge on any atom is -0.497 e. The number of nitrogens with one attached hydrogen (secondary N) is 1. The summed E-state index contributed by atoms with van der Waals surface area (Å²) >= 11 is 0. The maximum atomic E-state index is 12.7. The molecule has 0 spiro atoms. The number of hydrogen-bond acceptors (Lipinski definition) is 4. The molecule has 5 nitrogen and oxygen atoms in total. The van der Waals surface area contributed by atoms with E-state index in [2.05, 4.69) is 48.4 Å². The van der Waals surface area contributed by atoms with Crippen LogP contribution in [0.1, 0.15) is 40.4 Å². The largest absolute Gasteiger partial charge is 0.497 e. The van der Waals surface area contributed by atoms with Crippen LogP contribution in [0.5, 0.6) is 17.2 Å². The monoisotopic (exact) mass is 503 g/mol. The third-order valence-electron chi connectivity index (χ3n) is 6.63. The summed E-state index contributed by atoms with van der Waals surface area (Å²) in [4.78, 5) is 16.1. The van der Waals surface area contributed by atoms with E-state index in [1.807, 2.05) is 42.5 Å². The molecule has 0 saturated heterocycles. The standard InChI is InChI=1S/C33H29NO4/c1-4-28(30-21-34-31-8-6-5-7-29(30)31)32(22-9-15-25(36-2)16-10-22)23-11-19-27(20-12-23)38-33(35)24-13-17-26(37-3)18-14-24/h5-21,34H,4H2,1-3H3/b32-28+. The van der Waals surface area contributed by atoms with Gasteiger partial charge in [-0.1, -0.05) is 49.4 Å². The van der Waals surface area contributed by atoms with Gasteiger partial charge in [0.2, 0.25) is 0 Å². The molecule has 1 aromatic heterocycles. The number of fused-ring (bicyclic) bond motifs is 1. The van der Waals surface area contributed by atoms with E-state index in [0.29, 0.717) is 17.1 Å². The zero-order chi connectivity index (χ0) is 26.5. The summed E-state index contributed by atoms with van der Waals surface area (Å²) in [6.07, 6.45) is 2.91. The van der Waals surface area contributed by atoms with Gasteiger partial charge in [-0.2, -0.15) is 0 Å². The van der Waals surface area contributed by atoms with Gasteiger partial charge < -0.3 is 19.2 Å². The normalized spacial score (nSPS) is 11.7. The SMILES string of the molecule is CC/C(=C(/c1ccc(OC)cc1)c1ccc(OC(=O)c2ccc(OC)cc2)cc1)c1c[nH]c2ccccc12. The Bertz CT molecular complexity index is 1580. The van der Waals surface area contributed by atoms with Crippen LogP contribution in [0.2, 0.25) is 0 Å². The lowest BCUT2D eigenvalue weighted by atomic mass is 9.88. The molecule has 0 aliphatic heterocycles. The minimum absolute atomic E-state index is 0.417. The second-order valence-electron chi connectivity index (χ2n) is 8.83. The van der Waals surface area contributed by atoms with Gasteiger partial charge in [0, 0.05) is 22.7 Å². The predicted octanol–water partition coefficient (Wildman–Crippen LogP) is 7.77. The summed E-state index contributed by atoms with van der Waals surface area (Å²) in [6.45, 7) is 2.17. The summed E-state index contributed by atoms with van der Waals surface area (Å²) in [5.41, 5.74) is 7.18. The number of para-hydroxylation sites is 1. The number of allylic oxidation sites excluding steroid dienone is 1. The maximum absolute atomic E-state index is 12.7. The van der Waals surface area contributed by atoms with Crippen molar-refractivity contribution in [2.45, 2.75) is 13.3 Å². The van der Waals surface area contributed by atoms with Crippen LogP contribution in [-0.4, -0.2) is 25.2 Å². The summed E-state index contributed by atoms with van der Waals surface area (Å²) in [5, 5.41) is 1.18. The highest BCUT2D eigenvalue weighted by Gasteiger charge is 2.17. The number of H-pyrrole nitrogens is 1. The maximum Gasteiger partial charge on any atom is 0.343 e. The Morgan fingerprint density at radius 3 is 1.76 bits per heavy atom. The first kappa shape index (κ1) is 24.9. The smallest absolute Gasteiger partial charge is 0.343 e. The van der Waals surface area contributed by atoms with Crippen molar-refractivity contribution in [3.63, 3.8) is 0 Å². The average molecular weight is 504 g/mol. The average Bonchev–Trinajstić information content (AvgIpc) is 3.40. The number of benzene rings is 4. The first-order chi connectivity index (χ1) is 18.6. The van der Waals surface area contributed by atoms with Crippen molar-refractivity contribution in [1.82, 2.24) is 4.98 Å². The molecule has 5 aromatic rings. The van der Waals surface area contributed by atoms with Gasteiger partial charge in [0.15, 0.2) is 0 Å². The van der Waals surface area contributed by atoms with E-state index in [1.54, 1.807) is 38.5 Å². The van der Waals surface area contributed by atoms with Crippen molar-refractivity contribution in [1.29, 1.82) is 0 Å². The molecule has 0 atom stereocenters. The molecule has 0 amide bonds. The molecule has 0 aliphatic rings. The number of rotatable bonds is 8. The van der Waals surface area contributed by atoms with Gasteiger partial charge in [0.05, 0.1) is 19.8 Å². The zero-order valence-electron chi connectivity index (χ0n) is 21.7. The predicted molar refractivity (Wildman–Crippen MR) is 152 cm³/mol. The molecule has 1 heterocycles. The van der Waals surface area contributed by atoms with Gasteiger partial charge in [-0.3, -0.25) is 0 Å². The first-order valence-electron chi connectivity index (χ1n) is 12.5. The molecule has 4 aromatic carbocycles.